The van der Waals surface area contributed by atoms with E-state index in [9.17, 15) is 18.3 Å². The molecular weight excluding hydrogens is 654 g/mol. The molecule has 3 heterocycles. The van der Waals surface area contributed by atoms with Crippen LogP contribution in [0.2, 0.25) is 5.02 Å². The van der Waals surface area contributed by atoms with Gasteiger partial charge in [-0.1, -0.05) is 31.0 Å². The molecule has 4 aliphatic rings. The Hall–Kier alpha value is -2.66. The van der Waals surface area contributed by atoms with Crippen LogP contribution in [0, 0.1) is 17.8 Å². The molecule has 2 aromatic carbocycles. The standard InChI is InChI=1S/C36H44ClN3O5S2/c1-23-5-3-14-36(42,19-33-38-15-16-46-33)30-10-7-27(30)20-40-21-35(13-4-6-25-17-28(37)9-11-29(25)35)22-45-32-12-8-26(18-31(32)40)34(41)39-47(43,44)24(23)2/h8-9,11-12,15-18,23-24,27,30,42H,3-7,10,13-14,19-22H2,1-2H3,(H,39,41)/t23-,24+,27-,30+,35-,36+/m0/s1. The lowest BCUT2D eigenvalue weighted by molar-refractivity contribution is -0.0881. The number of nitrogens with one attached hydrogen (secondary N) is 1. The number of amides is 1. The van der Waals surface area contributed by atoms with Gasteiger partial charge in [0.25, 0.3) is 5.91 Å². The first-order valence-electron chi connectivity index (χ1n) is 16.9. The Labute approximate surface area is 286 Å². The third kappa shape index (κ3) is 6.31. The van der Waals surface area contributed by atoms with E-state index in [1.165, 1.54) is 11.1 Å². The summed E-state index contributed by atoms with van der Waals surface area (Å²) in [5.41, 5.74) is 2.34. The molecule has 47 heavy (non-hydrogen) atoms. The first-order chi connectivity index (χ1) is 22.5. The molecule has 7 rings (SSSR count). The lowest BCUT2D eigenvalue weighted by Gasteiger charge is -2.50. The van der Waals surface area contributed by atoms with Crippen LogP contribution in [0.4, 0.5) is 5.69 Å². The molecule has 2 bridgehead atoms. The largest absolute Gasteiger partial charge is 0.490 e. The minimum atomic E-state index is -3.94. The summed E-state index contributed by atoms with van der Waals surface area (Å²) in [4.78, 5) is 20.4. The number of aliphatic hydroxyl groups is 1. The molecule has 0 saturated heterocycles. The Kier molecular flexibility index (Phi) is 8.85. The monoisotopic (exact) mass is 697 g/mol. The molecule has 1 aromatic heterocycles. The Morgan fingerprint density at radius 1 is 1.13 bits per heavy atom. The Morgan fingerprint density at radius 3 is 2.74 bits per heavy atom. The van der Waals surface area contributed by atoms with Gasteiger partial charge in [-0.15, -0.1) is 11.3 Å². The van der Waals surface area contributed by atoms with E-state index in [1.54, 1.807) is 42.7 Å². The number of ether oxygens (including phenoxy) is 1. The van der Waals surface area contributed by atoms with Crippen LogP contribution in [0.1, 0.15) is 85.3 Å². The number of nitrogens with zero attached hydrogens (tertiary/aromatic N) is 2. The number of benzene rings is 2. The van der Waals surface area contributed by atoms with Crippen LogP contribution in [0.25, 0.3) is 0 Å². The van der Waals surface area contributed by atoms with Gasteiger partial charge in [-0.25, -0.2) is 18.1 Å². The average Bonchev–Trinajstić information content (AvgIpc) is 3.47. The van der Waals surface area contributed by atoms with E-state index in [0.717, 1.165) is 47.8 Å². The van der Waals surface area contributed by atoms with Crippen molar-refractivity contribution in [2.75, 3.05) is 24.6 Å². The first-order valence-corrected chi connectivity index (χ1v) is 19.7. The van der Waals surface area contributed by atoms with Crippen molar-refractivity contribution in [2.24, 2.45) is 17.8 Å². The van der Waals surface area contributed by atoms with Crippen molar-refractivity contribution in [3.05, 3.63) is 74.7 Å². The number of thiazole rings is 1. The predicted molar refractivity (Wildman–Crippen MR) is 186 cm³/mol. The van der Waals surface area contributed by atoms with Crippen molar-refractivity contribution in [3.63, 3.8) is 0 Å². The van der Waals surface area contributed by atoms with Gasteiger partial charge in [-0.2, -0.15) is 0 Å². The highest BCUT2D eigenvalue weighted by Gasteiger charge is 2.49. The Balaban J connectivity index is 1.31. The third-order valence-electron chi connectivity index (χ3n) is 11.6. The van der Waals surface area contributed by atoms with Crippen LogP contribution in [0.3, 0.4) is 0 Å². The SMILES string of the molecule is C[C@@H]1[C@@H](C)CCC[C@@](O)(Cc2nccs2)[C@@H]2CC[C@H]2CN2C[C@@]3(CCCc4cc(Cl)ccc43)COc3ccc(cc32)C(=O)NS1(=O)=O. The number of carbonyl (C=O) groups excluding carboxylic acids is 1. The molecule has 6 atom stereocenters. The quantitative estimate of drug-likeness (QED) is 0.313. The van der Waals surface area contributed by atoms with Crippen LogP contribution >= 0.6 is 22.9 Å². The summed E-state index contributed by atoms with van der Waals surface area (Å²) in [5, 5.41) is 15.3. The fourth-order valence-corrected chi connectivity index (χ4v) is 10.8. The lowest BCUT2D eigenvalue weighted by Crippen LogP contribution is -2.54. The maximum absolute atomic E-state index is 13.5. The number of halogens is 1. The predicted octanol–water partition coefficient (Wildman–Crippen LogP) is 6.54. The fourth-order valence-electron chi connectivity index (χ4n) is 8.59. The molecule has 0 radical (unpaired) electrons. The van der Waals surface area contributed by atoms with Gasteiger partial charge in [-0.3, -0.25) is 4.79 Å². The molecule has 252 valence electrons. The summed E-state index contributed by atoms with van der Waals surface area (Å²) in [5.74, 6) is 0.158. The summed E-state index contributed by atoms with van der Waals surface area (Å²) >= 11 is 8.01. The number of anilines is 1. The van der Waals surface area contributed by atoms with Crippen LogP contribution in [0.15, 0.2) is 48.0 Å². The smallest absolute Gasteiger partial charge is 0.264 e. The highest BCUT2D eigenvalue weighted by molar-refractivity contribution is 7.90. The van der Waals surface area contributed by atoms with Crippen molar-refractivity contribution in [2.45, 2.75) is 87.9 Å². The van der Waals surface area contributed by atoms with Crippen LogP contribution < -0.4 is 14.4 Å². The van der Waals surface area contributed by atoms with E-state index in [1.807, 2.05) is 18.4 Å². The number of hydrogen-bond acceptors (Lipinski definition) is 8. The summed E-state index contributed by atoms with van der Waals surface area (Å²) in [6.45, 7) is 5.44. The minimum Gasteiger partial charge on any atom is -0.490 e. The fraction of sp³-hybridized carbons (Fsp3) is 0.556. The minimum absolute atomic E-state index is 0.0725. The molecule has 1 fully saturated rings. The number of aryl methyl sites for hydroxylation is 1. The van der Waals surface area contributed by atoms with Crippen LogP contribution in [0.5, 0.6) is 5.75 Å². The van der Waals surface area contributed by atoms with Gasteiger partial charge in [0.05, 0.1) is 28.2 Å². The summed E-state index contributed by atoms with van der Waals surface area (Å²) in [6.07, 6.45) is 9.03. The molecule has 2 aliphatic heterocycles. The zero-order valence-electron chi connectivity index (χ0n) is 27.1. The Morgan fingerprint density at radius 2 is 1.98 bits per heavy atom. The number of carbonyl (C=O) groups is 1. The van der Waals surface area contributed by atoms with E-state index in [0.29, 0.717) is 51.1 Å². The second kappa shape index (κ2) is 12.7. The molecule has 11 heteroatoms. The molecule has 2 aliphatic carbocycles. The maximum Gasteiger partial charge on any atom is 0.264 e. The van der Waals surface area contributed by atoms with Gasteiger partial charge in [-0.05, 0) is 111 Å². The van der Waals surface area contributed by atoms with Gasteiger partial charge in [0.15, 0.2) is 0 Å². The van der Waals surface area contributed by atoms with Crippen molar-refractivity contribution in [1.82, 2.24) is 9.71 Å². The van der Waals surface area contributed by atoms with Gasteiger partial charge >= 0.3 is 0 Å². The molecule has 8 nitrogen and oxygen atoms in total. The third-order valence-corrected chi connectivity index (χ3v) is 14.5. The van der Waals surface area contributed by atoms with E-state index < -0.39 is 26.8 Å². The molecular formula is C36H44ClN3O5S2. The highest BCUT2D eigenvalue weighted by atomic mass is 35.5. The van der Waals surface area contributed by atoms with Crippen LogP contribution in [-0.2, 0) is 28.3 Å². The maximum atomic E-state index is 13.5. The Bertz CT molecular complexity index is 1750. The topological polar surface area (TPSA) is 109 Å². The number of aromatic nitrogens is 1. The molecule has 3 aromatic rings. The van der Waals surface area contributed by atoms with E-state index >= 15 is 0 Å². The number of fused-ring (bicyclic) bond motifs is 4. The van der Waals surface area contributed by atoms with Gasteiger partial charge < -0.3 is 14.7 Å². The van der Waals surface area contributed by atoms with E-state index in [4.69, 9.17) is 16.3 Å². The highest BCUT2D eigenvalue weighted by Crippen LogP contribution is 2.49. The molecule has 1 amide bonds. The zero-order chi connectivity index (χ0) is 33.0. The second-order valence-corrected chi connectivity index (χ2v) is 17.9. The van der Waals surface area contributed by atoms with Crippen molar-refractivity contribution < 1.29 is 23.1 Å². The molecule has 2 N–H and O–H groups in total. The molecule has 1 spiro atoms. The van der Waals surface area contributed by atoms with Gasteiger partial charge in [0, 0.05) is 47.1 Å². The van der Waals surface area contributed by atoms with Crippen molar-refractivity contribution >= 4 is 44.6 Å². The first kappa shape index (κ1) is 32.9. The zero-order valence-corrected chi connectivity index (χ0v) is 29.5. The van der Waals surface area contributed by atoms with Gasteiger partial charge in [0.2, 0.25) is 10.0 Å². The average molecular weight is 698 g/mol. The van der Waals surface area contributed by atoms with Crippen molar-refractivity contribution in [1.29, 1.82) is 0 Å². The molecule has 0 unspecified atom stereocenters. The molecule has 1 saturated carbocycles. The summed E-state index contributed by atoms with van der Waals surface area (Å²) in [7, 11) is -3.94. The van der Waals surface area contributed by atoms with E-state index in [-0.39, 0.29) is 28.7 Å². The second-order valence-electron chi connectivity index (χ2n) is 14.5. The number of sulfonamides is 1. The lowest BCUT2D eigenvalue weighted by atomic mass is 9.62. The summed E-state index contributed by atoms with van der Waals surface area (Å²) < 4.78 is 35.8. The number of rotatable bonds is 2. The number of hydrogen-bond donors (Lipinski definition) is 2. The van der Waals surface area contributed by atoms with Crippen molar-refractivity contribution in [3.8, 4) is 5.75 Å². The van der Waals surface area contributed by atoms with E-state index in [2.05, 4.69) is 26.7 Å². The summed E-state index contributed by atoms with van der Waals surface area (Å²) in [6, 6.07) is 11.4. The van der Waals surface area contributed by atoms with Gasteiger partial charge in [0.1, 0.15) is 5.75 Å². The van der Waals surface area contributed by atoms with Crippen LogP contribution in [-0.4, -0.2) is 55.0 Å². The normalized spacial score (nSPS) is 32.3.